The van der Waals surface area contributed by atoms with Crippen molar-refractivity contribution in [1.82, 2.24) is 0 Å². The van der Waals surface area contributed by atoms with Gasteiger partial charge in [-0.05, 0) is 42.1 Å². The predicted octanol–water partition coefficient (Wildman–Crippen LogP) is 2.74. The summed E-state index contributed by atoms with van der Waals surface area (Å²) in [5.74, 6) is 1.15. The van der Waals surface area contributed by atoms with Gasteiger partial charge in [0.25, 0.3) is 0 Å². The third-order valence-corrected chi connectivity index (χ3v) is 5.45. The average molecular weight is 266 g/mol. The van der Waals surface area contributed by atoms with E-state index in [9.17, 15) is 5.11 Å². The van der Waals surface area contributed by atoms with E-state index in [0.29, 0.717) is 23.9 Å². The number of aliphatic hydroxyl groups excluding tert-OH is 1. The van der Waals surface area contributed by atoms with E-state index < -0.39 is 0 Å². The number of aliphatic hydroxyl groups is 1. The molecule has 0 unspecified atom stereocenters. The highest BCUT2D eigenvalue weighted by molar-refractivity contribution is 5.30. The van der Waals surface area contributed by atoms with Crippen molar-refractivity contribution >= 4 is 0 Å². The smallest absolute Gasteiger partial charge is 0.164 e. The lowest BCUT2D eigenvalue weighted by molar-refractivity contribution is -0.117. The minimum atomic E-state index is -0.240. The lowest BCUT2D eigenvalue weighted by atomic mass is 9.83. The van der Waals surface area contributed by atoms with E-state index in [4.69, 9.17) is 9.47 Å². The first-order chi connectivity index (χ1) is 8.93. The SMILES string of the molecule is CO[C@@H]1OCC2=C3CC(C)(C)C[C@H]3[C@@H](C)[C@H](O)C[C@@H]21. The van der Waals surface area contributed by atoms with Gasteiger partial charge in [0.05, 0.1) is 12.7 Å². The minimum absolute atomic E-state index is 0.160. The van der Waals surface area contributed by atoms with Gasteiger partial charge in [-0.2, -0.15) is 0 Å². The highest BCUT2D eigenvalue weighted by Gasteiger charge is 2.48. The molecule has 5 atom stereocenters. The van der Waals surface area contributed by atoms with Crippen LogP contribution in [0.15, 0.2) is 11.1 Å². The van der Waals surface area contributed by atoms with Crippen molar-refractivity contribution in [2.45, 2.75) is 52.4 Å². The van der Waals surface area contributed by atoms with Crippen LogP contribution in [0.5, 0.6) is 0 Å². The fourth-order valence-corrected chi connectivity index (χ4v) is 4.41. The maximum atomic E-state index is 10.5. The summed E-state index contributed by atoms with van der Waals surface area (Å²) in [7, 11) is 1.70. The van der Waals surface area contributed by atoms with Crippen LogP contribution >= 0.6 is 0 Å². The summed E-state index contributed by atoms with van der Waals surface area (Å²) in [4.78, 5) is 0. The van der Waals surface area contributed by atoms with E-state index in [-0.39, 0.29) is 18.3 Å². The van der Waals surface area contributed by atoms with Crippen LogP contribution in [0.1, 0.15) is 40.0 Å². The van der Waals surface area contributed by atoms with Crippen LogP contribution in [0.4, 0.5) is 0 Å². The molecule has 0 bridgehead atoms. The molecule has 0 spiro atoms. The van der Waals surface area contributed by atoms with Crippen LogP contribution < -0.4 is 0 Å². The number of fused-ring (bicyclic) bond motifs is 2. The van der Waals surface area contributed by atoms with Crippen LogP contribution in [0.2, 0.25) is 0 Å². The maximum Gasteiger partial charge on any atom is 0.164 e. The molecule has 3 aliphatic rings. The highest BCUT2D eigenvalue weighted by atomic mass is 16.7. The molecule has 1 aliphatic heterocycles. The zero-order valence-electron chi connectivity index (χ0n) is 12.5. The summed E-state index contributed by atoms with van der Waals surface area (Å²) < 4.78 is 11.2. The first-order valence-electron chi connectivity index (χ1n) is 7.47. The van der Waals surface area contributed by atoms with E-state index in [0.717, 1.165) is 12.8 Å². The molecule has 1 saturated carbocycles. The Balaban J connectivity index is 2.01. The second kappa shape index (κ2) is 4.57. The Labute approximate surface area is 116 Å². The van der Waals surface area contributed by atoms with Gasteiger partial charge in [-0.25, -0.2) is 0 Å². The molecular weight excluding hydrogens is 240 g/mol. The summed E-state index contributed by atoms with van der Waals surface area (Å²) in [6.07, 6.45) is 2.73. The summed E-state index contributed by atoms with van der Waals surface area (Å²) in [5.41, 5.74) is 3.36. The number of allylic oxidation sites excluding steroid dienone is 1. The molecule has 2 fully saturated rings. The van der Waals surface area contributed by atoms with Crippen molar-refractivity contribution in [2.24, 2.45) is 23.2 Å². The van der Waals surface area contributed by atoms with Crippen molar-refractivity contribution < 1.29 is 14.6 Å². The molecule has 3 nitrogen and oxygen atoms in total. The number of methoxy groups -OCH3 is 1. The molecule has 19 heavy (non-hydrogen) atoms. The summed E-state index contributed by atoms with van der Waals surface area (Å²) in [5, 5.41) is 10.5. The van der Waals surface area contributed by atoms with Gasteiger partial charge in [-0.3, -0.25) is 0 Å². The number of ether oxygens (including phenoxy) is 2. The van der Waals surface area contributed by atoms with Gasteiger partial charge in [-0.1, -0.05) is 26.3 Å². The van der Waals surface area contributed by atoms with Gasteiger partial charge in [-0.15, -0.1) is 0 Å². The molecule has 1 saturated heterocycles. The molecule has 0 aromatic heterocycles. The normalized spacial score (nSPS) is 45.0. The molecule has 0 amide bonds. The first kappa shape index (κ1) is 13.6. The highest BCUT2D eigenvalue weighted by Crippen LogP contribution is 2.54. The molecule has 108 valence electrons. The van der Waals surface area contributed by atoms with Crippen LogP contribution in [-0.4, -0.2) is 31.2 Å². The number of hydrogen-bond donors (Lipinski definition) is 1. The molecule has 0 aromatic carbocycles. The monoisotopic (exact) mass is 266 g/mol. The molecule has 3 rings (SSSR count). The van der Waals surface area contributed by atoms with E-state index in [1.807, 2.05) is 0 Å². The average Bonchev–Trinajstić information content (AvgIpc) is 2.86. The van der Waals surface area contributed by atoms with Crippen molar-refractivity contribution in [2.75, 3.05) is 13.7 Å². The Kier molecular flexibility index (Phi) is 3.27. The van der Waals surface area contributed by atoms with E-state index in [2.05, 4.69) is 20.8 Å². The van der Waals surface area contributed by atoms with E-state index in [1.54, 1.807) is 12.7 Å². The summed E-state index contributed by atoms with van der Waals surface area (Å²) in [6, 6.07) is 0. The second-order valence-electron chi connectivity index (χ2n) is 7.39. The topological polar surface area (TPSA) is 38.7 Å². The molecule has 0 radical (unpaired) electrons. The Morgan fingerprint density at radius 2 is 2.00 bits per heavy atom. The van der Waals surface area contributed by atoms with Crippen LogP contribution in [0.3, 0.4) is 0 Å². The Hall–Kier alpha value is -0.380. The summed E-state index contributed by atoms with van der Waals surface area (Å²) in [6.45, 7) is 7.59. The quantitative estimate of drug-likeness (QED) is 0.742. The molecular formula is C16H26O3. The van der Waals surface area contributed by atoms with Gasteiger partial charge < -0.3 is 14.6 Å². The van der Waals surface area contributed by atoms with Gasteiger partial charge in [0.15, 0.2) is 6.29 Å². The van der Waals surface area contributed by atoms with E-state index >= 15 is 0 Å². The van der Waals surface area contributed by atoms with Gasteiger partial charge in [0.1, 0.15) is 0 Å². The second-order valence-corrected chi connectivity index (χ2v) is 7.39. The number of hydrogen-bond acceptors (Lipinski definition) is 3. The zero-order valence-corrected chi connectivity index (χ0v) is 12.5. The van der Waals surface area contributed by atoms with Gasteiger partial charge >= 0.3 is 0 Å². The van der Waals surface area contributed by atoms with Crippen LogP contribution in [-0.2, 0) is 9.47 Å². The van der Waals surface area contributed by atoms with Crippen molar-refractivity contribution in [3.8, 4) is 0 Å². The predicted molar refractivity (Wildman–Crippen MR) is 73.6 cm³/mol. The van der Waals surface area contributed by atoms with Crippen LogP contribution in [0, 0.1) is 23.2 Å². The molecule has 3 heteroatoms. The fourth-order valence-electron chi connectivity index (χ4n) is 4.41. The Bertz CT molecular complexity index is 399. The third-order valence-electron chi connectivity index (χ3n) is 5.45. The molecule has 2 aliphatic carbocycles. The Morgan fingerprint density at radius 3 is 2.68 bits per heavy atom. The van der Waals surface area contributed by atoms with Crippen molar-refractivity contribution in [3.05, 3.63) is 11.1 Å². The van der Waals surface area contributed by atoms with Gasteiger partial charge in [0, 0.05) is 13.0 Å². The third kappa shape index (κ3) is 2.16. The first-order valence-corrected chi connectivity index (χ1v) is 7.47. The lowest BCUT2D eigenvalue weighted by Gasteiger charge is -2.26. The molecule has 1 heterocycles. The van der Waals surface area contributed by atoms with Crippen molar-refractivity contribution in [3.63, 3.8) is 0 Å². The lowest BCUT2D eigenvalue weighted by Crippen LogP contribution is -2.28. The molecule has 0 aromatic rings. The molecule has 1 N–H and O–H groups in total. The largest absolute Gasteiger partial charge is 0.393 e. The Morgan fingerprint density at radius 1 is 1.26 bits per heavy atom. The zero-order chi connectivity index (χ0) is 13.8. The number of rotatable bonds is 1. The fraction of sp³-hybridized carbons (Fsp3) is 0.875. The maximum absolute atomic E-state index is 10.5. The standard InChI is InChI=1S/C16H26O3/c1-9-11-6-16(2,3)7-12(11)13-8-19-15(18-4)10(13)5-14(9)17/h9-11,14-15,17H,5-8H2,1-4H3/t9-,10+,11+,14-,15-/m1/s1. The minimum Gasteiger partial charge on any atom is -0.393 e. The summed E-state index contributed by atoms with van der Waals surface area (Å²) >= 11 is 0. The van der Waals surface area contributed by atoms with Crippen molar-refractivity contribution in [1.29, 1.82) is 0 Å². The van der Waals surface area contributed by atoms with E-state index in [1.165, 1.54) is 12.0 Å². The van der Waals surface area contributed by atoms with Gasteiger partial charge in [0.2, 0.25) is 0 Å². The van der Waals surface area contributed by atoms with Crippen LogP contribution in [0.25, 0.3) is 0 Å².